The average Bonchev–Trinajstić information content (AvgIpc) is 3.44. The first-order chi connectivity index (χ1) is 15.1. The number of hydrogen-bond donors (Lipinski definition) is 2. The molecule has 2 N–H and O–H groups in total. The van der Waals surface area contributed by atoms with Crippen molar-refractivity contribution in [1.29, 1.82) is 0 Å². The molecule has 0 spiro atoms. The largest absolute Gasteiger partial charge is 0.493 e. The van der Waals surface area contributed by atoms with Crippen LogP contribution in [0.3, 0.4) is 0 Å². The van der Waals surface area contributed by atoms with Crippen LogP contribution < -0.4 is 23.8 Å². The van der Waals surface area contributed by atoms with Crippen molar-refractivity contribution in [3.05, 3.63) is 47.7 Å². The van der Waals surface area contributed by atoms with Gasteiger partial charge >= 0.3 is 0 Å². The Kier molecular flexibility index (Phi) is 5.07. The Balaban J connectivity index is 1.23. The summed E-state index contributed by atoms with van der Waals surface area (Å²) >= 11 is 0. The summed E-state index contributed by atoms with van der Waals surface area (Å²) < 4.78 is 21.6. The summed E-state index contributed by atoms with van der Waals surface area (Å²) in [5.74, 6) is 2.93. The van der Waals surface area contributed by atoms with Crippen LogP contribution in [0.4, 0.5) is 0 Å². The average molecular weight is 424 g/mol. The molecule has 0 radical (unpaired) electrons. The Hall–Kier alpha value is -3.39. The fraction of sp³-hybridized carbons (Fsp3) is 0.348. The lowest BCUT2D eigenvalue weighted by Crippen LogP contribution is -3.13. The highest BCUT2D eigenvalue weighted by Crippen LogP contribution is 2.33. The zero-order valence-corrected chi connectivity index (χ0v) is 17.7. The highest BCUT2D eigenvalue weighted by molar-refractivity contribution is 5.98. The van der Waals surface area contributed by atoms with Crippen molar-refractivity contribution in [2.45, 2.75) is 6.54 Å². The van der Waals surface area contributed by atoms with Gasteiger partial charge in [0.05, 0.1) is 40.4 Å². The molecule has 5 rings (SSSR count). The maximum atomic E-state index is 13.1. The van der Waals surface area contributed by atoms with Crippen LogP contribution in [-0.2, 0) is 6.54 Å². The minimum atomic E-state index is 0.0243. The Morgan fingerprint density at radius 1 is 1.03 bits per heavy atom. The van der Waals surface area contributed by atoms with E-state index >= 15 is 0 Å². The van der Waals surface area contributed by atoms with Gasteiger partial charge in [-0.1, -0.05) is 0 Å². The topological polar surface area (TPSA) is 77.5 Å². The summed E-state index contributed by atoms with van der Waals surface area (Å²) in [5, 5.41) is 0.924. The first-order valence-corrected chi connectivity index (χ1v) is 10.4. The van der Waals surface area contributed by atoms with Gasteiger partial charge in [-0.05, 0) is 30.3 Å². The van der Waals surface area contributed by atoms with Crippen molar-refractivity contribution in [3.8, 4) is 23.0 Å². The predicted molar refractivity (Wildman–Crippen MR) is 114 cm³/mol. The Bertz CT molecular complexity index is 1080. The molecular formula is C23H26N3O5+. The van der Waals surface area contributed by atoms with Gasteiger partial charge in [-0.25, -0.2) is 0 Å². The maximum absolute atomic E-state index is 13.1. The second-order valence-corrected chi connectivity index (χ2v) is 7.88. The van der Waals surface area contributed by atoms with E-state index in [1.807, 2.05) is 29.2 Å². The SMILES string of the molecule is COc1cc2cc(C(=O)N3CC[NH+](Cc4ccc5c(c4)OCO5)CC3)[nH]c2cc1OC. The Morgan fingerprint density at radius 2 is 1.77 bits per heavy atom. The number of ether oxygens (including phenoxy) is 4. The van der Waals surface area contributed by atoms with Crippen molar-refractivity contribution in [2.75, 3.05) is 47.2 Å². The molecule has 0 atom stereocenters. The highest BCUT2D eigenvalue weighted by Gasteiger charge is 2.26. The van der Waals surface area contributed by atoms with Crippen molar-refractivity contribution >= 4 is 16.8 Å². The van der Waals surface area contributed by atoms with Crippen molar-refractivity contribution in [2.24, 2.45) is 0 Å². The lowest BCUT2D eigenvalue weighted by Gasteiger charge is -2.32. The van der Waals surface area contributed by atoms with Gasteiger partial charge in [-0.15, -0.1) is 0 Å². The van der Waals surface area contributed by atoms with Crippen LogP contribution in [0.2, 0.25) is 0 Å². The lowest BCUT2D eigenvalue weighted by atomic mass is 10.1. The summed E-state index contributed by atoms with van der Waals surface area (Å²) in [4.78, 5) is 19.7. The van der Waals surface area contributed by atoms with E-state index in [4.69, 9.17) is 18.9 Å². The van der Waals surface area contributed by atoms with E-state index in [0.29, 0.717) is 24.0 Å². The van der Waals surface area contributed by atoms with Crippen LogP contribution in [0.25, 0.3) is 10.9 Å². The van der Waals surface area contributed by atoms with Crippen LogP contribution in [0, 0.1) is 0 Å². The molecule has 162 valence electrons. The standard InChI is InChI=1S/C23H25N3O5/c1-28-20-11-16-10-18(24-17(16)12-21(20)29-2)23(27)26-7-5-25(6-8-26)13-15-3-4-19-22(9-15)31-14-30-19/h3-4,9-12,24H,5-8,13-14H2,1-2H3/p+1. The first kappa shape index (κ1) is 19.6. The highest BCUT2D eigenvalue weighted by atomic mass is 16.7. The summed E-state index contributed by atoms with van der Waals surface area (Å²) in [7, 11) is 3.21. The Labute approximate surface area is 180 Å². The van der Waals surface area contributed by atoms with E-state index in [2.05, 4.69) is 17.1 Å². The van der Waals surface area contributed by atoms with E-state index in [0.717, 1.165) is 55.1 Å². The third-order valence-corrected chi connectivity index (χ3v) is 6.00. The van der Waals surface area contributed by atoms with Crippen LogP contribution in [-0.4, -0.2) is 63.0 Å². The number of methoxy groups -OCH3 is 2. The molecule has 1 amide bonds. The van der Waals surface area contributed by atoms with Gasteiger partial charge in [0, 0.05) is 22.5 Å². The number of nitrogens with zero attached hydrogens (tertiary/aromatic N) is 1. The number of aromatic nitrogens is 1. The molecule has 31 heavy (non-hydrogen) atoms. The molecule has 2 aliphatic heterocycles. The van der Waals surface area contributed by atoms with Crippen LogP contribution in [0.1, 0.15) is 16.1 Å². The molecule has 0 unspecified atom stereocenters. The number of piperazine rings is 1. The molecule has 3 heterocycles. The number of amides is 1. The van der Waals surface area contributed by atoms with Crippen molar-refractivity contribution in [1.82, 2.24) is 9.88 Å². The molecule has 1 saturated heterocycles. The first-order valence-electron chi connectivity index (χ1n) is 10.4. The van der Waals surface area contributed by atoms with E-state index in [-0.39, 0.29) is 5.91 Å². The number of fused-ring (bicyclic) bond motifs is 2. The molecule has 1 aromatic heterocycles. The number of carbonyl (C=O) groups excluding carboxylic acids is 1. The molecule has 2 aromatic carbocycles. The molecule has 0 saturated carbocycles. The minimum absolute atomic E-state index is 0.0243. The maximum Gasteiger partial charge on any atom is 0.270 e. The second kappa shape index (κ2) is 8.03. The molecular weight excluding hydrogens is 398 g/mol. The number of carbonyl (C=O) groups is 1. The van der Waals surface area contributed by atoms with Crippen LogP contribution >= 0.6 is 0 Å². The van der Waals surface area contributed by atoms with Crippen molar-refractivity contribution in [3.63, 3.8) is 0 Å². The predicted octanol–water partition coefficient (Wildman–Crippen LogP) is 1.45. The van der Waals surface area contributed by atoms with Gasteiger partial charge < -0.3 is 33.7 Å². The Morgan fingerprint density at radius 3 is 2.55 bits per heavy atom. The minimum Gasteiger partial charge on any atom is -0.493 e. The van der Waals surface area contributed by atoms with E-state index < -0.39 is 0 Å². The zero-order valence-electron chi connectivity index (χ0n) is 17.7. The monoisotopic (exact) mass is 424 g/mol. The fourth-order valence-electron chi connectivity index (χ4n) is 4.29. The molecule has 0 bridgehead atoms. The van der Waals surface area contributed by atoms with Gasteiger partial charge in [0.25, 0.3) is 5.91 Å². The van der Waals surface area contributed by atoms with E-state index in [1.54, 1.807) is 14.2 Å². The summed E-state index contributed by atoms with van der Waals surface area (Å²) in [6.45, 7) is 4.45. The number of nitrogens with one attached hydrogen (secondary N) is 2. The molecule has 8 heteroatoms. The smallest absolute Gasteiger partial charge is 0.270 e. The molecule has 8 nitrogen and oxygen atoms in total. The van der Waals surface area contributed by atoms with Gasteiger partial charge in [0.2, 0.25) is 6.79 Å². The lowest BCUT2D eigenvalue weighted by molar-refractivity contribution is -0.917. The van der Waals surface area contributed by atoms with Gasteiger partial charge in [-0.3, -0.25) is 4.79 Å². The van der Waals surface area contributed by atoms with E-state index in [9.17, 15) is 4.79 Å². The number of quaternary nitrogens is 1. The van der Waals surface area contributed by atoms with Gasteiger partial charge in [0.1, 0.15) is 12.2 Å². The van der Waals surface area contributed by atoms with Gasteiger partial charge in [0.15, 0.2) is 23.0 Å². The third kappa shape index (κ3) is 3.74. The number of benzene rings is 2. The second-order valence-electron chi connectivity index (χ2n) is 7.88. The molecule has 2 aliphatic rings. The quantitative estimate of drug-likeness (QED) is 0.649. The fourth-order valence-corrected chi connectivity index (χ4v) is 4.29. The number of hydrogen-bond acceptors (Lipinski definition) is 5. The van der Waals surface area contributed by atoms with Gasteiger partial charge in [-0.2, -0.15) is 0 Å². The molecule has 1 fully saturated rings. The van der Waals surface area contributed by atoms with E-state index in [1.165, 1.54) is 10.5 Å². The molecule has 0 aliphatic carbocycles. The number of aromatic amines is 1. The van der Waals surface area contributed by atoms with Crippen LogP contribution in [0.5, 0.6) is 23.0 Å². The van der Waals surface area contributed by atoms with Crippen molar-refractivity contribution < 1.29 is 28.6 Å². The normalized spacial score (nSPS) is 16.0. The van der Waals surface area contributed by atoms with Crippen LogP contribution in [0.15, 0.2) is 36.4 Å². The zero-order chi connectivity index (χ0) is 21.4. The number of rotatable bonds is 5. The summed E-state index contributed by atoms with van der Waals surface area (Å²) in [6.07, 6.45) is 0. The summed E-state index contributed by atoms with van der Waals surface area (Å²) in [5.41, 5.74) is 2.66. The third-order valence-electron chi connectivity index (χ3n) is 6.00. The number of H-pyrrole nitrogens is 1. The molecule has 3 aromatic rings. The summed E-state index contributed by atoms with van der Waals surface area (Å²) in [6, 6.07) is 11.7.